The molecule has 0 atom stereocenters. The van der Waals surface area contributed by atoms with Crippen molar-refractivity contribution in [2.24, 2.45) is 0 Å². The number of halogens is 2. The Labute approximate surface area is 78.7 Å². The van der Waals surface area contributed by atoms with Gasteiger partial charge in [-0.2, -0.15) is 0 Å². The molecule has 0 aromatic heterocycles. The first kappa shape index (κ1) is 8.14. The molecule has 0 aliphatic carbocycles. The van der Waals surface area contributed by atoms with Crippen LogP contribution >= 0.6 is 34.2 Å². The minimum atomic E-state index is 0.647. The van der Waals surface area contributed by atoms with Crippen molar-refractivity contribution >= 4 is 39.9 Å². The molecule has 10 heavy (non-hydrogen) atoms. The van der Waals surface area contributed by atoms with Crippen LogP contribution in [0.1, 0.15) is 5.56 Å². The molecular formula is C7H7ClIN. The fourth-order valence-corrected chi connectivity index (χ4v) is 1.33. The van der Waals surface area contributed by atoms with Gasteiger partial charge in [-0.05, 0) is 17.7 Å². The molecule has 0 saturated heterocycles. The van der Waals surface area contributed by atoms with Crippen LogP contribution in [0.15, 0.2) is 18.2 Å². The molecule has 54 valence electrons. The average molecular weight is 267 g/mol. The summed E-state index contributed by atoms with van der Waals surface area (Å²) in [5.74, 6) is 0. The lowest BCUT2D eigenvalue weighted by atomic mass is 10.2. The average Bonchev–Trinajstić information content (AvgIpc) is 1.95. The van der Waals surface area contributed by atoms with Gasteiger partial charge >= 0.3 is 0 Å². The highest BCUT2D eigenvalue weighted by molar-refractivity contribution is 14.1. The molecule has 0 amide bonds. The zero-order valence-electron chi connectivity index (χ0n) is 5.27. The van der Waals surface area contributed by atoms with Crippen LogP contribution < -0.4 is 5.73 Å². The van der Waals surface area contributed by atoms with Crippen molar-refractivity contribution in [2.45, 2.75) is 4.43 Å². The Morgan fingerprint density at radius 3 is 2.70 bits per heavy atom. The maximum atomic E-state index is 5.76. The molecule has 1 nitrogen and oxygen atoms in total. The first-order valence-electron chi connectivity index (χ1n) is 2.84. The molecular weight excluding hydrogens is 260 g/mol. The topological polar surface area (TPSA) is 26.0 Å². The highest BCUT2D eigenvalue weighted by Gasteiger charge is 1.95. The van der Waals surface area contributed by atoms with E-state index in [1.54, 1.807) is 0 Å². The molecule has 0 fully saturated rings. The number of rotatable bonds is 1. The Hall–Kier alpha value is 0.0400. The van der Waals surface area contributed by atoms with E-state index in [1.807, 2.05) is 18.2 Å². The van der Waals surface area contributed by atoms with E-state index in [0.29, 0.717) is 10.7 Å². The molecule has 0 bridgehead atoms. The predicted octanol–water partition coefficient (Wildman–Crippen LogP) is 2.86. The summed E-state index contributed by atoms with van der Waals surface area (Å²) in [5, 5.41) is 0.647. The molecule has 0 radical (unpaired) electrons. The van der Waals surface area contributed by atoms with Crippen LogP contribution in [0.25, 0.3) is 0 Å². The van der Waals surface area contributed by atoms with E-state index >= 15 is 0 Å². The standard InChI is InChI=1S/C7H7ClIN/c8-6-3-5(4-9)1-2-7(6)10/h1-3H,4,10H2. The van der Waals surface area contributed by atoms with Gasteiger partial charge in [0.15, 0.2) is 0 Å². The van der Waals surface area contributed by atoms with Crippen LogP contribution in [-0.2, 0) is 4.43 Å². The van der Waals surface area contributed by atoms with Gasteiger partial charge in [0.2, 0.25) is 0 Å². The van der Waals surface area contributed by atoms with Crippen molar-refractivity contribution < 1.29 is 0 Å². The van der Waals surface area contributed by atoms with E-state index in [-0.39, 0.29) is 0 Å². The Bertz CT molecular complexity index is 237. The van der Waals surface area contributed by atoms with Crippen LogP contribution in [0.2, 0.25) is 5.02 Å². The third-order valence-electron chi connectivity index (χ3n) is 1.22. The summed E-state index contributed by atoms with van der Waals surface area (Å²) in [7, 11) is 0. The van der Waals surface area contributed by atoms with Crippen molar-refractivity contribution in [1.29, 1.82) is 0 Å². The molecule has 2 N–H and O–H groups in total. The minimum absolute atomic E-state index is 0.647. The van der Waals surface area contributed by atoms with Gasteiger partial charge in [0.1, 0.15) is 0 Å². The molecule has 3 heteroatoms. The van der Waals surface area contributed by atoms with Gasteiger partial charge in [-0.1, -0.05) is 40.3 Å². The number of hydrogen-bond donors (Lipinski definition) is 1. The van der Waals surface area contributed by atoms with Gasteiger partial charge in [-0.25, -0.2) is 0 Å². The highest BCUT2D eigenvalue weighted by Crippen LogP contribution is 2.20. The van der Waals surface area contributed by atoms with E-state index in [2.05, 4.69) is 22.6 Å². The number of benzene rings is 1. The van der Waals surface area contributed by atoms with E-state index in [4.69, 9.17) is 17.3 Å². The van der Waals surface area contributed by atoms with Crippen molar-refractivity contribution in [1.82, 2.24) is 0 Å². The number of nitrogens with two attached hydrogens (primary N) is 1. The van der Waals surface area contributed by atoms with Crippen LogP contribution in [0.5, 0.6) is 0 Å². The molecule has 0 unspecified atom stereocenters. The summed E-state index contributed by atoms with van der Waals surface area (Å²) in [6, 6.07) is 5.70. The second-order valence-electron chi connectivity index (χ2n) is 1.99. The van der Waals surface area contributed by atoms with E-state index in [0.717, 1.165) is 4.43 Å². The lowest BCUT2D eigenvalue weighted by Gasteiger charge is -1.98. The molecule has 0 heterocycles. The summed E-state index contributed by atoms with van der Waals surface area (Å²) in [5.41, 5.74) is 7.37. The maximum Gasteiger partial charge on any atom is 0.0638 e. The van der Waals surface area contributed by atoms with Crippen LogP contribution in [0.4, 0.5) is 5.69 Å². The molecule has 0 saturated carbocycles. The van der Waals surface area contributed by atoms with Crippen molar-refractivity contribution in [3.63, 3.8) is 0 Å². The molecule has 1 aromatic carbocycles. The molecule has 1 aromatic rings. The highest BCUT2D eigenvalue weighted by atomic mass is 127. The quantitative estimate of drug-likeness (QED) is 0.473. The largest absolute Gasteiger partial charge is 0.398 e. The fraction of sp³-hybridized carbons (Fsp3) is 0.143. The van der Waals surface area contributed by atoms with Crippen molar-refractivity contribution in [3.05, 3.63) is 28.8 Å². The molecule has 0 aliphatic heterocycles. The second-order valence-corrected chi connectivity index (χ2v) is 3.16. The normalized spacial score (nSPS) is 9.80. The third-order valence-corrected chi connectivity index (χ3v) is 2.43. The first-order valence-corrected chi connectivity index (χ1v) is 4.74. The Morgan fingerprint density at radius 2 is 2.20 bits per heavy atom. The second kappa shape index (κ2) is 3.44. The third kappa shape index (κ3) is 1.76. The minimum Gasteiger partial charge on any atom is -0.398 e. The zero-order chi connectivity index (χ0) is 7.56. The molecule has 0 aliphatic rings. The van der Waals surface area contributed by atoms with Gasteiger partial charge in [0, 0.05) is 4.43 Å². The maximum absolute atomic E-state index is 5.76. The first-order chi connectivity index (χ1) is 4.74. The van der Waals surface area contributed by atoms with Crippen LogP contribution in [0.3, 0.4) is 0 Å². The number of nitrogen functional groups attached to an aromatic ring is 1. The SMILES string of the molecule is Nc1ccc(CI)cc1Cl. The Morgan fingerprint density at radius 1 is 1.50 bits per heavy atom. The van der Waals surface area contributed by atoms with Gasteiger partial charge in [-0.15, -0.1) is 0 Å². The summed E-state index contributed by atoms with van der Waals surface area (Å²) in [6.07, 6.45) is 0. The lowest BCUT2D eigenvalue weighted by Crippen LogP contribution is -1.86. The fourth-order valence-electron chi connectivity index (χ4n) is 0.654. The summed E-state index contributed by atoms with van der Waals surface area (Å²) in [6.45, 7) is 0. The lowest BCUT2D eigenvalue weighted by molar-refractivity contribution is 1.46. The van der Waals surface area contributed by atoms with E-state index in [1.165, 1.54) is 5.56 Å². The monoisotopic (exact) mass is 267 g/mol. The van der Waals surface area contributed by atoms with Crippen LogP contribution in [-0.4, -0.2) is 0 Å². The Kier molecular flexibility index (Phi) is 2.80. The number of alkyl halides is 1. The number of hydrogen-bond acceptors (Lipinski definition) is 1. The van der Waals surface area contributed by atoms with E-state index in [9.17, 15) is 0 Å². The molecule has 0 spiro atoms. The van der Waals surface area contributed by atoms with Gasteiger partial charge in [-0.3, -0.25) is 0 Å². The summed E-state index contributed by atoms with van der Waals surface area (Å²) >= 11 is 8.05. The number of anilines is 1. The van der Waals surface area contributed by atoms with E-state index < -0.39 is 0 Å². The van der Waals surface area contributed by atoms with Gasteiger partial charge in [0.05, 0.1) is 10.7 Å². The van der Waals surface area contributed by atoms with Crippen molar-refractivity contribution in [3.8, 4) is 0 Å². The zero-order valence-corrected chi connectivity index (χ0v) is 8.19. The predicted molar refractivity (Wildman–Crippen MR) is 53.6 cm³/mol. The molecule has 1 rings (SSSR count). The van der Waals surface area contributed by atoms with Crippen LogP contribution in [0, 0.1) is 0 Å². The summed E-state index contributed by atoms with van der Waals surface area (Å²) in [4.78, 5) is 0. The smallest absolute Gasteiger partial charge is 0.0638 e. The van der Waals surface area contributed by atoms with Gasteiger partial charge < -0.3 is 5.73 Å². The Balaban J connectivity index is 3.04. The summed E-state index contributed by atoms with van der Waals surface area (Å²) < 4.78 is 0.970. The van der Waals surface area contributed by atoms with Crippen molar-refractivity contribution in [2.75, 3.05) is 5.73 Å². The van der Waals surface area contributed by atoms with Gasteiger partial charge in [0.25, 0.3) is 0 Å².